The van der Waals surface area contributed by atoms with Gasteiger partial charge in [0, 0.05) is 13.1 Å². The Morgan fingerprint density at radius 3 is 2.26 bits per heavy atom. The highest BCUT2D eigenvalue weighted by Gasteiger charge is 2.49. The molecule has 0 radical (unpaired) electrons. The molecule has 4 bridgehead atoms. The maximum Gasteiger partial charge on any atom is 0.433 e. The molecule has 23 heavy (non-hydrogen) atoms. The second kappa shape index (κ2) is 4.98. The van der Waals surface area contributed by atoms with Crippen LogP contribution in [0.4, 0.5) is 13.2 Å². The van der Waals surface area contributed by atoms with Crippen LogP contribution in [0.2, 0.25) is 0 Å². The molecule has 0 aliphatic heterocycles. The predicted octanol–water partition coefficient (Wildman–Crippen LogP) is 2.99. The normalized spacial score (nSPS) is 35.6. The third-order valence-corrected chi connectivity index (χ3v) is 5.98. The third kappa shape index (κ3) is 2.44. The molecule has 4 saturated carbocycles. The van der Waals surface area contributed by atoms with E-state index >= 15 is 0 Å². The van der Waals surface area contributed by atoms with Crippen molar-refractivity contribution in [2.75, 3.05) is 0 Å². The molecular formula is C16H20F3N3O. The summed E-state index contributed by atoms with van der Waals surface area (Å²) in [7, 11) is 1.21. The van der Waals surface area contributed by atoms with Crippen molar-refractivity contribution in [3.05, 3.63) is 17.5 Å². The largest absolute Gasteiger partial charge is 0.433 e. The molecule has 1 amide bonds. The van der Waals surface area contributed by atoms with Crippen LogP contribution < -0.4 is 5.32 Å². The van der Waals surface area contributed by atoms with E-state index in [1.54, 1.807) is 0 Å². The fourth-order valence-electron chi connectivity index (χ4n) is 5.33. The number of hydrogen-bond donors (Lipinski definition) is 1. The first kappa shape index (κ1) is 15.0. The highest BCUT2D eigenvalue weighted by atomic mass is 19.4. The van der Waals surface area contributed by atoms with Crippen molar-refractivity contribution in [1.29, 1.82) is 0 Å². The minimum absolute atomic E-state index is 0.0246. The van der Waals surface area contributed by atoms with E-state index in [1.807, 2.05) is 0 Å². The monoisotopic (exact) mass is 327 g/mol. The van der Waals surface area contributed by atoms with E-state index < -0.39 is 17.8 Å². The van der Waals surface area contributed by atoms with Gasteiger partial charge in [-0.15, -0.1) is 0 Å². The van der Waals surface area contributed by atoms with Gasteiger partial charge < -0.3 is 5.32 Å². The molecule has 0 atom stereocenters. The highest BCUT2D eigenvalue weighted by Crippen LogP contribution is 2.53. The van der Waals surface area contributed by atoms with E-state index in [0.717, 1.165) is 48.4 Å². The Kier molecular flexibility index (Phi) is 3.25. The average Bonchev–Trinajstić information content (AvgIpc) is 2.84. The minimum Gasteiger partial charge on any atom is -0.349 e. The fourth-order valence-corrected chi connectivity index (χ4v) is 5.33. The zero-order chi connectivity index (χ0) is 16.4. The molecule has 4 fully saturated rings. The van der Waals surface area contributed by atoms with Gasteiger partial charge in [-0.25, -0.2) is 0 Å². The summed E-state index contributed by atoms with van der Waals surface area (Å²) >= 11 is 0. The number of aromatic nitrogens is 2. The Balaban J connectivity index is 1.55. The summed E-state index contributed by atoms with van der Waals surface area (Å²) in [6.45, 7) is 0. The maximum atomic E-state index is 13.1. The van der Waals surface area contributed by atoms with Gasteiger partial charge in [0.1, 0.15) is 0 Å². The number of hydrogen-bond acceptors (Lipinski definition) is 2. The molecule has 1 aromatic rings. The topological polar surface area (TPSA) is 46.9 Å². The van der Waals surface area contributed by atoms with Crippen molar-refractivity contribution in [1.82, 2.24) is 15.1 Å². The molecule has 1 heterocycles. The molecule has 0 saturated heterocycles. The van der Waals surface area contributed by atoms with Gasteiger partial charge in [-0.3, -0.25) is 9.48 Å². The summed E-state index contributed by atoms with van der Waals surface area (Å²) < 4.78 is 40.1. The third-order valence-electron chi connectivity index (χ3n) is 5.98. The Morgan fingerprint density at radius 1 is 1.17 bits per heavy atom. The molecule has 4 aliphatic rings. The predicted molar refractivity (Wildman–Crippen MR) is 76.5 cm³/mol. The summed E-state index contributed by atoms with van der Waals surface area (Å²) in [6.07, 6.45) is 2.17. The SMILES string of the molecule is Cn1ncc(C(=O)NC2C3CC4CC(C3)CC2C4)c1C(F)(F)F. The van der Waals surface area contributed by atoms with Crippen LogP contribution in [0.25, 0.3) is 0 Å². The number of halogens is 3. The van der Waals surface area contributed by atoms with E-state index in [-0.39, 0.29) is 11.6 Å². The highest BCUT2D eigenvalue weighted by molar-refractivity contribution is 5.95. The molecule has 0 aromatic carbocycles. The number of nitrogens with one attached hydrogen (secondary N) is 1. The van der Waals surface area contributed by atoms with Crippen LogP contribution in [0.1, 0.15) is 48.2 Å². The maximum absolute atomic E-state index is 13.1. The zero-order valence-electron chi connectivity index (χ0n) is 12.9. The van der Waals surface area contributed by atoms with Crippen molar-refractivity contribution in [2.24, 2.45) is 30.7 Å². The van der Waals surface area contributed by atoms with Crippen LogP contribution in [-0.2, 0) is 13.2 Å². The van der Waals surface area contributed by atoms with Gasteiger partial charge in [0.05, 0.1) is 11.8 Å². The molecule has 5 rings (SSSR count). The molecule has 1 aromatic heterocycles. The smallest absolute Gasteiger partial charge is 0.349 e. The summed E-state index contributed by atoms with van der Waals surface area (Å²) in [6, 6.07) is 0.0246. The quantitative estimate of drug-likeness (QED) is 0.908. The van der Waals surface area contributed by atoms with Crippen molar-refractivity contribution in [3.63, 3.8) is 0 Å². The zero-order valence-corrected chi connectivity index (χ0v) is 12.9. The molecule has 0 spiro atoms. The average molecular weight is 327 g/mol. The van der Waals surface area contributed by atoms with Gasteiger partial charge in [0.25, 0.3) is 5.91 Å². The molecular weight excluding hydrogens is 307 g/mol. The van der Waals surface area contributed by atoms with E-state index in [1.165, 1.54) is 13.5 Å². The van der Waals surface area contributed by atoms with Gasteiger partial charge >= 0.3 is 6.18 Å². The van der Waals surface area contributed by atoms with Gasteiger partial charge in [0.15, 0.2) is 5.69 Å². The lowest BCUT2D eigenvalue weighted by Gasteiger charge is -2.54. The summed E-state index contributed by atoms with van der Waals surface area (Å²) in [4.78, 5) is 12.5. The summed E-state index contributed by atoms with van der Waals surface area (Å²) in [5.74, 6) is 1.75. The van der Waals surface area contributed by atoms with Crippen molar-refractivity contribution >= 4 is 5.91 Å². The Morgan fingerprint density at radius 2 is 1.74 bits per heavy atom. The van der Waals surface area contributed by atoms with Crippen LogP contribution >= 0.6 is 0 Å². The number of amides is 1. The Bertz CT molecular complexity index is 609. The number of aryl methyl sites for hydroxylation is 1. The number of carbonyl (C=O) groups excluding carboxylic acids is 1. The van der Waals surface area contributed by atoms with Gasteiger partial charge in [-0.2, -0.15) is 18.3 Å². The second-order valence-corrected chi connectivity index (χ2v) is 7.46. The van der Waals surface area contributed by atoms with Crippen LogP contribution in [0, 0.1) is 23.7 Å². The summed E-state index contributed by atoms with van der Waals surface area (Å²) in [5, 5.41) is 6.54. The van der Waals surface area contributed by atoms with Crippen LogP contribution in [-0.4, -0.2) is 21.7 Å². The fraction of sp³-hybridized carbons (Fsp3) is 0.750. The Hall–Kier alpha value is -1.53. The lowest BCUT2D eigenvalue weighted by atomic mass is 9.54. The van der Waals surface area contributed by atoms with Crippen LogP contribution in [0.3, 0.4) is 0 Å². The van der Waals surface area contributed by atoms with E-state index in [0.29, 0.717) is 11.8 Å². The first-order chi connectivity index (χ1) is 10.8. The first-order valence-electron chi connectivity index (χ1n) is 8.23. The minimum atomic E-state index is -4.58. The van der Waals surface area contributed by atoms with E-state index in [9.17, 15) is 18.0 Å². The van der Waals surface area contributed by atoms with Crippen LogP contribution in [0.15, 0.2) is 6.20 Å². The molecule has 1 N–H and O–H groups in total. The van der Waals surface area contributed by atoms with Crippen molar-refractivity contribution < 1.29 is 18.0 Å². The first-order valence-corrected chi connectivity index (χ1v) is 8.23. The number of carbonyl (C=O) groups is 1. The number of rotatable bonds is 2. The molecule has 7 heteroatoms. The lowest BCUT2D eigenvalue weighted by Crippen LogP contribution is -2.55. The summed E-state index contributed by atoms with van der Waals surface area (Å²) in [5.41, 5.74) is -1.34. The molecule has 4 nitrogen and oxygen atoms in total. The molecule has 126 valence electrons. The second-order valence-electron chi connectivity index (χ2n) is 7.46. The standard InChI is InChI=1S/C16H20F3N3O/c1-22-14(16(17,18)19)12(7-20-22)15(23)21-13-10-3-8-2-9(5-10)6-11(13)4-8/h7-11,13H,2-6H2,1H3,(H,21,23). The molecule has 0 unspecified atom stereocenters. The van der Waals surface area contributed by atoms with Gasteiger partial charge in [-0.1, -0.05) is 0 Å². The number of alkyl halides is 3. The van der Waals surface area contributed by atoms with Gasteiger partial charge in [-0.05, 0) is 55.8 Å². The number of nitrogens with zero attached hydrogens (tertiary/aromatic N) is 2. The molecule has 4 aliphatic carbocycles. The van der Waals surface area contributed by atoms with E-state index in [4.69, 9.17) is 0 Å². The van der Waals surface area contributed by atoms with E-state index in [2.05, 4.69) is 10.4 Å². The lowest BCUT2D eigenvalue weighted by molar-refractivity contribution is -0.144. The van der Waals surface area contributed by atoms with Gasteiger partial charge in [0.2, 0.25) is 0 Å². The van der Waals surface area contributed by atoms with Crippen molar-refractivity contribution in [2.45, 2.75) is 44.3 Å². The van der Waals surface area contributed by atoms with Crippen molar-refractivity contribution in [3.8, 4) is 0 Å². The van der Waals surface area contributed by atoms with Crippen LogP contribution in [0.5, 0.6) is 0 Å². The Labute approximate surface area is 132 Å².